The lowest BCUT2D eigenvalue weighted by Gasteiger charge is -2.22. The Hall–Kier alpha value is -2.78. The summed E-state index contributed by atoms with van der Waals surface area (Å²) < 4.78 is 5.16. The number of rotatable bonds is 5. The summed E-state index contributed by atoms with van der Waals surface area (Å²) in [6.07, 6.45) is 0. The van der Waals surface area contributed by atoms with E-state index < -0.39 is 0 Å². The van der Waals surface area contributed by atoms with Crippen LogP contribution in [0.2, 0.25) is 5.02 Å². The number of ether oxygens (including phenoxy) is 1. The van der Waals surface area contributed by atoms with E-state index in [1.165, 1.54) is 5.56 Å². The second-order valence-electron chi connectivity index (χ2n) is 6.53. The largest absolute Gasteiger partial charge is 0.495 e. The molecule has 0 fully saturated rings. The lowest BCUT2D eigenvalue weighted by molar-refractivity contribution is 0.0943. The van der Waals surface area contributed by atoms with E-state index in [0.717, 1.165) is 16.7 Å². The predicted molar refractivity (Wildman–Crippen MR) is 110 cm³/mol. The summed E-state index contributed by atoms with van der Waals surface area (Å²) in [7, 11) is 1.55. The average Bonchev–Trinajstić information content (AvgIpc) is 2.67. The van der Waals surface area contributed by atoms with Crippen molar-refractivity contribution in [3.8, 4) is 5.75 Å². The zero-order valence-electron chi connectivity index (χ0n) is 15.6. The van der Waals surface area contributed by atoms with E-state index in [2.05, 4.69) is 37.4 Å². The summed E-state index contributed by atoms with van der Waals surface area (Å²) in [5, 5.41) is 3.56. The molecule has 0 unspecified atom stereocenters. The molecule has 4 heteroatoms. The Kier molecular flexibility index (Phi) is 5.82. The molecule has 138 valence electrons. The van der Waals surface area contributed by atoms with Crippen LogP contribution in [-0.2, 0) is 0 Å². The van der Waals surface area contributed by atoms with Crippen molar-refractivity contribution >= 4 is 17.5 Å². The maximum atomic E-state index is 12.9. The highest BCUT2D eigenvalue weighted by Crippen LogP contribution is 2.28. The number of amides is 1. The second kappa shape index (κ2) is 8.28. The van der Waals surface area contributed by atoms with Crippen molar-refractivity contribution < 1.29 is 9.53 Å². The molecule has 1 N–H and O–H groups in total. The van der Waals surface area contributed by atoms with Gasteiger partial charge in [-0.2, -0.15) is 0 Å². The standard InChI is InChI=1S/C23H22ClNO2/c1-15-9-11-19(16(2)13-15)22(17-7-5-4-6-8-17)25-23(26)18-10-12-21(27-3)20(24)14-18/h4-14,22H,1-3H3,(H,25,26)/t22-/m1/s1. The van der Waals surface area contributed by atoms with Crippen molar-refractivity contribution in [3.63, 3.8) is 0 Å². The van der Waals surface area contributed by atoms with Crippen LogP contribution in [0.1, 0.15) is 38.7 Å². The number of carbonyl (C=O) groups is 1. The number of nitrogens with one attached hydrogen (secondary N) is 1. The molecule has 0 aromatic heterocycles. The van der Waals surface area contributed by atoms with Crippen molar-refractivity contribution in [3.05, 3.63) is 99.6 Å². The Morgan fingerprint density at radius 1 is 1.00 bits per heavy atom. The van der Waals surface area contributed by atoms with Crippen LogP contribution in [0.4, 0.5) is 0 Å². The maximum Gasteiger partial charge on any atom is 0.252 e. The fourth-order valence-electron chi connectivity index (χ4n) is 3.16. The third-order valence-corrected chi connectivity index (χ3v) is 4.85. The minimum Gasteiger partial charge on any atom is -0.495 e. The Labute approximate surface area is 164 Å². The first kappa shape index (κ1) is 19.0. The molecule has 0 saturated heterocycles. The van der Waals surface area contributed by atoms with Gasteiger partial charge < -0.3 is 10.1 Å². The van der Waals surface area contributed by atoms with Crippen molar-refractivity contribution in [2.45, 2.75) is 19.9 Å². The number of aryl methyl sites for hydroxylation is 2. The fraction of sp³-hybridized carbons (Fsp3) is 0.174. The molecule has 27 heavy (non-hydrogen) atoms. The van der Waals surface area contributed by atoms with E-state index in [0.29, 0.717) is 16.3 Å². The molecule has 1 amide bonds. The molecule has 0 saturated carbocycles. The van der Waals surface area contributed by atoms with Crippen LogP contribution < -0.4 is 10.1 Å². The van der Waals surface area contributed by atoms with Gasteiger partial charge in [0.25, 0.3) is 5.91 Å². The third-order valence-electron chi connectivity index (χ3n) is 4.56. The highest BCUT2D eigenvalue weighted by Gasteiger charge is 2.20. The second-order valence-corrected chi connectivity index (χ2v) is 6.93. The summed E-state index contributed by atoms with van der Waals surface area (Å²) >= 11 is 6.18. The average molecular weight is 380 g/mol. The molecule has 3 aromatic rings. The molecule has 3 nitrogen and oxygen atoms in total. The van der Waals surface area contributed by atoms with Gasteiger partial charge in [0.1, 0.15) is 5.75 Å². The summed E-state index contributed by atoms with van der Waals surface area (Å²) in [6.45, 7) is 4.13. The molecule has 0 aliphatic rings. The van der Waals surface area contributed by atoms with Gasteiger partial charge >= 0.3 is 0 Å². The first-order valence-corrected chi connectivity index (χ1v) is 9.14. The van der Waals surface area contributed by atoms with Gasteiger partial charge in [0.05, 0.1) is 18.2 Å². The number of methoxy groups -OCH3 is 1. The van der Waals surface area contributed by atoms with Crippen LogP contribution in [-0.4, -0.2) is 13.0 Å². The van der Waals surface area contributed by atoms with Crippen molar-refractivity contribution in [1.29, 1.82) is 0 Å². The predicted octanol–water partition coefficient (Wildman–Crippen LogP) is 5.48. The first-order valence-electron chi connectivity index (χ1n) is 8.76. The lowest BCUT2D eigenvalue weighted by Crippen LogP contribution is -2.29. The minimum absolute atomic E-state index is 0.187. The zero-order valence-corrected chi connectivity index (χ0v) is 16.4. The zero-order chi connectivity index (χ0) is 19.4. The van der Waals surface area contributed by atoms with Gasteiger partial charge in [0.2, 0.25) is 0 Å². The van der Waals surface area contributed by atoms with Crippen LogP contribution in [0.25, 0.3) is 0 Å². The maximum absolute atomic E-state index is 12.9. The van der Waals surface area contributed by atoms with Crippen LogP contribution in [0.15, 0.2) is 66.7 Å². The summed E-state index contributed by atoms with van der Waals surface area (Å²) in [5.74, 6) is 0.357. The van der Waals surface area contributed by atoms with Gasteiger partial charge in [0.15, 0.2) is 0 Å². The number of hydrogen-bond acceptors (Lipinski definition) is 2. The molecule has 3 aromatic carbocycles. The monoisotopic (exact) mass is 379 g/mol. The van der Waals surface area contributed by atoms with Crippen molar-refractivity contribution in [2.24, 2.45) is 0 Å². The number of carbonyl (C=O) groups excluding carboxylic acids is 1. The number of hydrogen-bond donors (Lipinski definition) is 1. The van der Waals surface area contributed by atoms with E-state index in [1.54, 1.807) is 25.3 Å². The topological polar surface area (TPSA) is 38.3 Å². The van der Waals surface area contributed by atoms with Crippen LogP contribution in [0, 0.1) is 13.8 Å². The van der Waals surface area contributed by atoms with Gasteiger partial charge in [-0.05, 0) is 48.7 Å². The Balaban J connectivity index is 1.96. The quantitative estimate of drug-likeness (QED) is 0.637. The normalized spacial score (nSPS) is 11.7. The van der Waals surface area contributed by atoms with Gasteiger partial charge in [-0.1, -0.05) is 65.7 Å². The Morgan fingerprint density at radius 2 is 1.74 bits per heavy atom. The first-order chi connectivity index (χ1) is 13.0. The van der Waals surface area contributed by atoms with Crippen LogP contribution >= 0.6 is 11.6 Å². The summed E-state index contributed by atoms with van der Waals surface area (Å²) in [6, 6.07) is 21.0. The molecular formula is C23H22ClNO2. The number of benzene rings is 3. The Bertz CT molecular complexity index is 954. The van der Waals surface area contributed by atoms with Gasteiger partial charge in [0, 0.05) is 5.56 Å². The molecule has 0 aliphatic carbocycles. The summed E-state index contributed by atoms with van der Waals surface area (Å²) in [4.78, 5) is 12.9. The van der Waals surface area contributed by atoms with Crippen molar-refractivity contribution in [2.75, 3.05) is 7.11 Å². The highest BCUT2D eigenvalue weighted by molar-refractivity contribution is 6.32. The lowest BCUT2D eigenvalue weighted by atomic mass is 9.93. The molecule has 0 spiro atoms. The van der Waals surface area contributed by atoms with E-state index in [-0.39, 0.29) is 11.9 Å². The summed E-state index contributed by atoms with van der Waals surface area (Å²) in [5.41, 5.74) is 4.91. The smallest absolute Gasteiger partial charge is 0.252 e. The van der Waals surface area contributed by atoms with E-state index in [4.69, 9.17) is 16.3 Å². The van der Waals surface area contributed by atoms with Crippen molar-refractivity contribution in [1.82, 2.24) is 5.32 Å². The SMILES string of the molecule is COc1ccc(C(=O)N[C@H](c2ccccc2)c2ccc(C)cc2C)cc1Cl. The van der Waals surface area contributed by atoms with Gasteiger partial charge in [-0.3, -0.25) is 4.79 Å². The van der Waals surface area contributed by atoms with Gasteiger partial charge in [-0.25, -0.2) is 0 Å². The molecular weight excluding hydrogens is 358 g/mol. The van der Waals surface area contributed by atoms with Crippen LogP contribution in [0.5, 0.6) is 5.75 Å². The molecule has 0 heterocycles. The fourth-order valence-corrected chi connectivity index (χ4v) is 3.42. The molecule has 3 rings (SSSR count). The minimum atomic E-state index is -0.250. The van der Waals surface area contributed by atoms with Gasteiger partial charge in [-0.15, -0.1) is 0 Å². The van der Waals surface area contributed by atoms with E-state index in [1.807, 2.05) is 30.3 Å². The molecule has 0 bridgehead atoms. The molecule has 1 atom stereocenters. The number of halogens is 1. The molecule has 0 aliphatic heterocycles. The Morgan fingerprint density at radius 3 is 2.37 bits per heavy atom. The van der Waals surface area contributed by atoms with E-state index >= 15 is 0 Å². The van der Waals surface area contributed by atoms with Crippen LogP contribution in [0.3, 0.4) is 0 Å². The highest BCUT2D eigenvalue weighted by atomic mass is 35.5. The van der Waals surface area contributed by atoms with E-state index in [9.17, 15) is 4.79 Å². The molecule has 0 radical (unpaired) electrons. The third kappa shape index (κ3) is 4.32.